The van der Waals surface area contributed by atoms with Crippen LogP contribution in [0.1, 0.15) is 40.0 Å². The molecule has 3 fully saturated rings. The van der Waals surface area contributed by atoms with Gasteiger partial charge in [0.05, 0.1) is 12.2 Å². The van der Waals surface area contributed by atoms with E-state index in [-0.39, 0.29) is 0 Å². The molecule has 80 valence electrons. The molecule has 2 heterocycles. The topological polar surface area (TPSA) is 12.5 Å². The van der Waals surface area contributed by atoms with Crippen molar-refractivity contribution in [2.24, 2.45) is 5.92 Å². The van der Waals surface area contributed by atoms with Gasteiger partial charge in [0.1, 0.15) is 0 Å². The maximum atomic E-state index is 6.00. The van der Waals surface area contributed by atoms with Gasteiger partial charge in [-0.1, -0.05) is 0 Å². The molecule has 0 spiro atoms. The van der Waals surface area contributed by atoms with E-state index < -0.39 is 0 Å². The molecule has 2 saturated heterocycles. The van der Waals surface area contributed by atoms with Crippen LogP contribution in [0.25, 0.3) is 0 Å². The zero-order valence-corrected chi connectivity index (χ0v) is 9.44. The van der Waals surface area contributed by atoms with Crippen molar-refractivity contribution in [3.63, 3.8) is 0 Å². The molecule has 0 aromatic heterocycles. The average Bonchev–Trinajstić information content (AvgIpc) is 2.31. The van der Waals surface area contributed by atoms with E-state index in [4.69, 9.17) is 4.74 Å². The first kappa shape index (κ1) is 9.17. The summed E-state index contributed by atoms with van der Waals surface area (Å²) in [7, 11) is 0. The summed E-state index contributed by atoms with van der Waals surface area (Å²) in [6, 6.07) is 2.42. The molecule has 0 N–H and O–H groups in total. The first-order valence-electron chi connectivity index (χ1n) is 6.09. The predicted octanol–water partition coefficient (Wildman–Crippen LogP) is 2.04. The molecular formula is C12H21NO. The number of likely N-dealkylation sites (tertiary alicyclic amines) is 1. The predicted molar refractivity (Wildman–Crippen MR) is 56.2 cm³/mol. The third-order valence-corrected chi connectivity index (χ3v) is 4.39. The minimum absolute atomic E-state index is 0.484. The van der Waals surface area contributed by atoms with Gasteiger partial charge in [-0.2, -0.15) is 0 Å². The van der Waals surface area contributed by atoms with Crippen LogP contribution in [-0.2, 0) is 4.74 Å². The van der Waals surface area contributed by atoms with Crippen LogP contribution in [0.4, 0.5) is 0 Å². The van der Waals surface area contributed by atoms with E-state index in [1.807, 2.05) is 0 Å². The molecule has 0 aromatic rings. The molecule has 5 unspecified atom stereocenters. The Kier molecular flexibility index (Phi) is 1.94. The highest BCUT2D eigenvalue weighted by Crippen LogP contribution is 2.50. The van der Waals surface area contributed by atoms with Gasteiger partial charge >= 0.3 is 0 Å². The monoisotopic (exact) mass is 195 g/mol. The number of hydrogen-bond donors (Lipinski definition) is 0. The van der Waals surface area contributed by atoms with Crippen LogP contribution in [0.5, 0.6) is 0 Å². The second-order valence-corrected chi connectivity index (χ2v) is 5.62. The summed E-state index contributed by atoms with van der Waals surface area (Å²) >= 11 is 0. The number of nitrogens with zero attached hydrogens (tertiary/aromatic N) is 1. The zero-order valence-electron chi connectivity index (χ0n) is 9.44. The molecular weight excluding hydrogens is 174 g/mol. The molecule has 2 heteroatoms. The lowest BCUT2D eigenvalue weighted by Gasteiger charge is -2.55. The molecule has 3 aliphatic rings. The van der Waals surface area contributed by atoms with Crippen molar-refractivity contribution >= 4 is 0 Å². The number of ether oxygens (including phenoxy) is 1. The number of fused-ring (bicyclic) bond motifs is 1. The highest BCUT2D eigenvalue weighted by molar-refractivity contribution is 5.09. The summed E-state index contributed by atoms with van der Waals surface area (Å²) in [5.74, 6) is 0.965. The minimum atomic E-state index is 0.484. The summed E-state index contributed by atoms with van der Waals surface area (Å²) < 4.78 is 6.00. The van der Waals surface area contributed by atoms with Crippen LogP contribution in [0, 0.1) is 5.92 Å². The van der Waals surface area contributed by atoms with Crippen molar-refractivity contribution in [1.29, 1.82) is 0 Å². The SMILES string of the molecule is CC1CC2C3CC(CC3N2C(C)C)O1. The molecule has 14 heavy (non-hydrogen) atoms. The first-order valence-corrected chi connectivity index (χ1v) is 6.09. The Morgan fingerprint density at radius 1 is 1.14 bits per heavy atom. The number of hydrogen-bond acceptors (Lipinski definition) is 2. The lowest BCUT2D eigenvalue weighted by molar-refractivity contribution is -0.0974. The molecule has 2 nitrogen and oxygen atoms in total. The van der Waals surface area contributed by atoms with Gasteiger partial charge in [0.15, 0.2) is 0 Å². The molecule has 1 aliphatic carbocycles. The smallest absolute Gasteiger partial charge is 0.0597 e. The lowest BCUT2D eigenvalue weighted by Crippen LogP contribution is -2.64. The van der Waals surface area contributed by atoms with Crippen molar-refractivity contribution in [1.82, 2.24) is 4.90 Å². The van der Waals surface area contributed by atoms with Gasteiger partial charge in [0.25, 0.3) is 0 Å². The van der Waals surface area contributed by atoms with Crippen LogP contribution in [0.2, 0.25) is 0 Å². The fourth-order valence-corrected chi connectivity index (χ4v) is 4.02. The Hall–Kier alpha value is -0.0800. The Morgan fingerprint density at radius 3 is 2.57 bits per heavy atom. The van der Waals surface area contributed by atoms with E-state index in [1.165, 1.54) is 19.3 Å². The largest absolute Gasteiger partial charge is 0.375 e. The summed E-state index contributed by atoms with van der Waals surface area (Å²) in [6.45, 7) is 6.92. The van der Waals surface area contributed by atoms with Gasteiger partial charge in [0.2, 0.25) is 0 Å². The van der Waals surface area contributed by atoms with Gasteiger partial charge in [0, 0.05) is 18.1 Å². The van der Waals surface area contributed by atoms with Gasteiger partial charge < -0.3 is 4.74 Å². The van der Waals surface area contributed by atoms with Crippen LogP contribution in [-0.4, -0.2) is 35.2 Å². The summed E-state index contributed by atoms with van der Waals surface area (Å²) in [5, 5.41) is 0. The molecule has 3 rings (SSSR count). The van der Waals surface area contributed by atoms with Crippen molar-refractivity contribution in [3.05, 3.63) is 0 Å². The quantitative estimate of drug-likeness (QED) is 0.635. The van der Waals surface area contributed by atoms with Gasteiger partial charge in [-0.25, -0.2) is 0 Å². The fraction of sp³-hybridized carbons (Fsp3) is 1.00. The van der Waals surface area contributed by atoms with Crippen molar-refractivity contribution < 1.29 is 4.74 Å². The standard InChI is InChI=1S/C12H21NO/c1-7(2)13-11-4-8(3)14-9-5-10(11)12(13)6-9/h7-12H,4-6H2,1-3H3. The van der Waals surface area contributed by atoms with Crippen molar-refractivity contribution in [2.45, 2.75) is 70.4 Å². The van der Waals surface area contributed by atoms with Crippen LogP contribution < -0.4 is 0 Å². The first-order chi connectivity index (χ1) is 6.66. The third kappa shape index (κ3) is 1.10. The summed E-state index contributed by atoms with van der Waals surface area (Å²) in [4.78, 5) is 2.74. The highest BCUT2D eigenvalue weighted by atomic mass is 16.5. The van der Waals surface area contributed by atoms with Gasteiger partial charge in [-0.3, -0.25) is 4.90 Å². The van der Waals surface area contributed by atoms with Crippen LogP contribution in [0.15, 0.2) is 0 Å². The van der Waals surface area contributed by atoms with E-state index in [0.29, 0.717) is 12.2 Å². The molecule has 5 atom stereocenters. The summed E-state index contributed by atoms with van der Waals surface area (Å²) in [5.41, 5.74) is 0. The number of rotatable bonds is 1. The average molecular weight is 195 g/mol. The molecule has 0 aromatic carbocycles. The van der Waals surface area contributed by atoms with Crippen LogP contribution >= 0.6 is 0 Å². The maximum Gasteiger partial charge on any atom is 0.0597 e. The second kappa shape index (κ2) is 2.96. The molecule has 1 saturated carbocycles. The van der Waals surface area contributed by atoms with Crippen molar-refractivity contribution in [2.75, 3.05) is 0 Å². The normalized spacial score (nSPS) is 51.9. The van der Waals surface area contributed by atoms with Crippen LogP contribution in [0.3, 0.4) is 0 Å². The van der Waals surface area contributed by atoms with E-state index in [2.05, 4.69) is 25.7 Å². The molecule has 2 bridgehead atoms. The van der Waals surface area contributed by atoms with Gasteiger partial charge in [-0.15, -0.1) is 0 Å². The zero-order chi connectivity index (χ0) is 9.87. The Labute approximate surface area is 86.6 Å². The maximum absolute atomic E-state index is 6.00. The molecule has 0 radical (unpaired) electrons. The minimum Gasteiger partial charge on any atom is -0.375 e. The highest BCUT2D eigenvalue weighted by Gasteiger charge is 2.56. The fourth-order valence-electron chi connectivity index (χ4n) is 4.02. The Morgan fingerprint density at radius 2 is 1.86 bits per heavy atom. The lowest BCUT2D eigenvalue weighted by atomic mass is 9.78. The van der Waals surface area contributed by atoms with E-state index in [1.54, 1.807) is 0 Å². The van der Waals surface area contributed by atoms with E-state index in [9.17, 15) is 0 Å². The molecule has 2 aliphatic heterocycles. The van der Waals surface area contributed by atoms with Crippen molar-refractivity contribution in [3.8, 4) is 0 Å². The van der Waals surface area contributed by atoms with E-state index in [0.717, 1.165) is 24.0 Å². The third-order valence-electron chi connectivity index (χ3n) is 4.39. The molecule has 0 amide bonds. The Bertz CT molecular complexity index is 240. The van der Waals surface area contributed by atoms with Gasteiger partial charge in [-0.05, 0) is 46.0 Å². The summed E-state index contributed by atoms with van der Waals surface area (Å²) in [6.07, 6.45) is 4.95. The van der Waals surface area contributed by atoms with E-state index >= 15 is 0 Å². The Balaban J connectivity index is 1.83. The second-order valence-electron chi connectivity index (χ2n) is 5.62.